The number of piperidine rings is 1. The number of aromatic amines is 1. The van der Waals surface area contributed by atoms with Crippen LogP contribution in [0.3, 0.4) is 0 Å². The molecule has 6 heteroatoms. The van der Waals surface area contributed by atoms with E-state index in [0.717, 1.165) is 50.2 Å². The highest BCUT2D eigenvalue weighted by Crippen LogP contribution is 2.26. The lowest BCUT2D eigenvalue weighted by molar-refractivity contribution is -0.127. The van der Waals surface area contributed by atoms with E-state index < -0.39 is 0 Å². The highest BCUT2D eigenvalue weighted by Gasteiger charge is 2.27. The third-order valence-electron chi connectivity index (χ3n) is 5.22. The maximum Gasteiger partial charge on any atom is 0.246 e. The number of H-pyrrole nitrogens is 1. The quantitative estimate of drug-likeness (QED) is 0.598. The number of amides is 1. The van der Waals surface area contributed by atoms with Crippen molar-refractivity contribution >= 4 is 18.1 Å². The average molecular weight is 385 g/mol. The number of hydrogen-bond donors (Lipinski definition) is 1. The lowest BCUT2D eigenvalue weighted by atomic mass is 9.96. The number of allylic oxidation sites excluding steroid dienone is 1. The van der Waals surface area contributed by atoms with Crippen molar-refractivity contribution in [3.63, 3.8) is 0 Å². The van der Waals surface area contributed by atoms with E-state index in [-0.39, 0.29) is 11.8 Å². The van der Waals surface area contributed by atoms with Gasteiger partial charge in [0, 0.05) is 31.6 Å². The Bertz CT molecular complexity index is 853. The summed E-state index contributed by atoms with van der Waals surface area (Å²) in [6, 6.07) is 10.4. The molecule has 0 bridgehead atoms. The van der Waals surface area contributed by atoms with E-state index in [1.807, 2.05) is 28.5 Å². The molecule has 1 aliphatic heterocycles. The Kier molecular flexibility index (Phi) is 6.61. The summed E-state index contributed by atoms with van der Waals surface area (Å²) in [4.78, 5) is 14.7. The maximum atomic E-state index is 12.8. The second-order valence-corrected chi connectivity index (χ2v) is 7.62. The second-order valence-electron chi connectivity index (χ2n) is 7.23. The summed E-state index contributed by atoms with van der Waals surface area (Å²) in [5.41, 5.74) is 2.43. The van der Waals surface area contributed by atoms with Crippen molar-refractivity contribution in [2.75, 3.05) is 13.1 Å². The lowest BCUT2D eigenvalue weighted by Gasteiger charge is -2.31. The first kappa shape index (κ1) is 19.5. The molecule has 144 valence electrons. The summed E-state index contributed by atoms with van der Waals surface area (Å²) < 4.78 is 2.70. The second kappa shape index (κ2) is 9.13. The van der Waals surface area contributed by atoms with Crippen LogP contribution in [0.15, 0.2) is 42.0 Å². The molecule has 1 unspecified atom stereocenters. The van der Waals surface area contributed by atoms with Gasteiger partial charge in [0.2, 0.25) is 5.91 Å². The van der Waals surface area contributed by atoms with Gasteiger partial charge in [-0.15, -0.1) is 0 Å². The van der Waals surface area contributed by atoms with Gasteiger partial charge in [0.1, 0.15) is 5.82 Å². The van der Waals surface area contributed by atoms with Gasteiger partial charge in [-0.25, -0.2) is 0 Å². The van der Waals surface area contributed by atoms with E-state index in [2.05, 4.69) is 41.4 Å². The van der Waals surface area contributed by atoms with Gasteiger partial charge in [0.15, 0.2) is 4.77 Å². The molecule has 5 nitrogen and oxygen atoms in total. The van der Waals surface area contributed by atoms with E-state index in [1.165, 1.54) is 5.56 Å². The van der Waals surface area contributed by atoms with Crippen molar-refractivity contribution in [3.8, 4) is 0 Å². The summed E-state index contributed by atoms with van der Waals surface area (Å²) in [7, 11) is 0. The average Bonchev–Trinajstić information content (AvgIpc) is 3.07. The Morgan fingerprint density at radius 1 is 1.37 bits per heavy atom. The van der Waals surface area contributed by atoms with E-state index in [0.29, 0.717) is 11.3 Å². The van der Waals surface area contributed by atoms with Crippen LogP contribution >= 0.6 is 12.2 Å². The molecule has 1 saturated heterocycles. The Labute approximate surface area is 166 Å². The van der Waals surface area contributed by atoms with E-state index in [9.17, 15) is 4.79 Å². The number of nitrogens with zero attached hydrogens (tertiary/aromatic N) is 3. The molecule has 0 saturated carbocycles. The third-order valence-corrected chi connectivity index (χ3v) is 5.53. The van der Waals surface area contributed by atoms with Crippen molar-refractivity contribution in [2.45, 2.75) is 52.0 Å². The molecule has 1 aliphatic rings. The summed E-state index contributed by atoms with van der Waals surface area (Å²) >= 11 is 5.30. The van der Waals surface area contributed by atoms with Crippen molar-refractivity contribution in [3.05, 3.63) is 58.1 Å². The Morgan fingerprint density at radius 2 is 2.15 bits per heavy atom. The van der Waals surface area contributed by atoms with Gasteiger partial charge in [-0.1, -0.05) is 35.9 Å². The predicted molar refractivity (Wildman–Crippen MR) is 110 cm³/mol. The van der Waals surface area contributed by atoms with Crippen LogP contribution < -0.4 is 0 Å². The summed E-state index contributed by atoms with van der Waals surface area (Å²) in [6.07, 6.45) is 5.71. The molecule has 0 radical (unpaired) electrons. The minimum atomic E-state index is 0.113. The highest BCUT2D eigenvalue weighted by atomic mass is 32.1. The lowest BCUT2D eigenvalue weighted by Crippen LogP contribution is -2.39. The fraction of sp³-hybridized carbons (Fsp3) is 0.476. The largest absolute Gasteiger partial charge is 0.338 e. The van der Waals surface area contributed by atoms with Crippen molar-refractivity contribution in [2.24, 2.45) is 0 Å². The molecule has 1 N–H and O–H groups in total. The van der Waals surface area contributed by atoms with E-state index in [4.69, 9.17) is 12.2 Å². The van der Waals surface area contributed by atoms with Crippen LogP contribution in [0.2, 0.25) is 0 Å². The van der Waals surface area contributed by atoms with Crippen molar-refractivity contribution < 1.29 is 4.79 Å². The van der Waals surface area contributed by atoms with Gasteiger partial charge in [-0.2, -0.15) is 5.10 Å². The smallest absolute Gasteiger partial charge is 0.246 e. The van der Waals surface area contributed by atoms with Gasteiger partial charge < -0.3 is 9.47 Å². The molecular weight excluding hydrogens is 356 g/mol. The number of aromatic nitrogens is 3. The van der Waals surface area contributed by atoms with Crippen LogP contribution in [0.5, 0.6) is 0 Å². The molecule has 1 amide bonds. The summed E-state index contributed by atoms with van der Waals surface area (Å²) in [6.45, 7) is 6.44. The third kappa shape index (κ3) is 4.95. The zero-order chi connectivity index (χ0) is 19.2. The number of hydrogen-bond acceptors (Lipinski definition) is 3. The monoisotopic (exact) mass is 384 g/mol. The zero-order valence-corrected chi connectivity index (χ0v) is 17.0. The SMILES string of the molecule is CCn1c(C2CCCN(C(=O)/C=C(/C)CCc3ccccc3)C2)n[nH]c1=S. The first-order valence-electron chi connectivity index (χ1n) is 9.73. The van der Waals surface area contributed by atoms with Gasteiger partial charge >= 0.3 is 0 Å². The highest BCUT2D eigenvalue weighted by molar-refractivity contribution is 7.71. The molecule has 0 spiro atoms. The number of nitrogens with one attached hydrogen (secondary N) is 1. The minimum absolute atomic E-state index is 0.113. The molecule has 2 aromatic rings. The van der Waals surface area contributed by atoms with Crippen molar-refractivity contribution in [1.29, 1.82) is 0 Å². The Morgan fingerprint density at radius 3 is 2.89 bits per heavy atom. The number of rotatable bonds is 6. The van der Waals surface area contributed by atoms with Gasteiger partial charge in [-0.05, 0) is 57.3 Å². The molecule has 3 rings (SSSR count). The van der Waals surface area contributed by atoms with Crippen LogP contribution in [0.25, 0.3) is 0 Å². The molecule has 1 aromatic carbocycles. The zero-order valence-electron chi connectivity index (χ0n) is 16.1. The molecule has 1 aromatic heterocycles. The van der Waals surface area contributed by atoms with Gasteiger partial charge in [-0.3, -0.25) is 9.89 Å². The van der Waals surface area contributed by atoms with Gasteiger partial charge in [0.25, 0.3) is 0 Å². The standard InChI is InChI=1S/C21H28N4OS/c1-3-25-20(22-23-21(25)27)18-10-7-13-24(15-18)19(26)14-16(2)11-12-17-8-5-4-6-9-17/h4-6,8-9,14,18H,3,7,10-13,15H2,1-2H3,(H,23,27)/b16-14-. The number of carbonyl (C=O) groups excluding carboxylic acids is 1. The number of likely N-dealkylation sites (tertiary alicyclic amines) is 1. The van der Waals surface area contributed by atoms with Crippen LogP contribution in [-0.4, -0.2) is 38.7 Å². The Hall–Kier alpha value is -2.21. The van der Waals surface area contributed by atoms with E-state index in [1.54, 1.807) is 0 Å². The molecule has 1 fully saturated rings. The van der Waals surface area contributed by atoms with Crippen LogP contribution in [-0.2, 0) is 17.8 Å². The predicted octanol–water partition coefficient (Wildman–Crippen LogP) is 4.25. The maximum absolute atomic E-state index is 12.8. The Balaban J connectivity index is 1.61. The number of aryl methyl sites for hydroxylation is 1. The first-order chi connectivity index (χ1) is 13.1. The summed E-state index contributed by atoms with van der Waals surface area (Å²) in [5.74, 6) is 1.33. The number of carbonyl (C=O) groups is 1. The van der Waals surface area contributed by atoms with Crippen LogP contribution in [0.4, 0.5) is 0 Å². The fourth-order valence-electron chi connectivity index (χ4n) is 3.70. The minimum Gasteiger partial charge on any atom is -0.338 e. The van der Waals surface area contributed by atoms with Crippen molar-refractivity contribution in [1.82, 2.24) is 19.7 Å². The van der Waals surface area contributed by atoms with Crippen LogP contribution in [0.1, 0.15) is 50.4 Å². The first-order valence-corrected chi connectivity index (χ1v) is 10.1. The molecule has 1 atom stereocenters. The van der Waals surface area contributed by atoms with Gasteiger partial charge in [0.05, 0.1) is 0 Å². The normalized spacial score (nSPS) is 17.9. The molecule has 2 heterocycles. The molecule has 0 aliphatic carbocycles. The van der Waals surface area contributed by atoms with E-state index >= 15 is 0 Å². The summed E-state index contributed by atoms with van der Waals surface area (Å²) in [5, 5.41) is 7.31. The number of benzene rings is 1. The molecule has 27 heavy (non-hydrogen) atoms. The topological polar surface area (TPSA) is 53.9 Å². The van der Waals surface area contributed by atoms with Crippen LogP contribution in [0, 0.1) is 4.77 Å². The fourth-order valence-corrected chi connectivity index (χ4v) is 3.96. The molecular formula is C21H28N4OS.